The van der Waals surface area contributed by atoms with Gasteiger partial charge in [0.25, 0.3) is 5.91 Å². The lowest BCUT2D eigenvalue weighted by Crippen LogP contribution is -2.30. The normalized spacial score (nSPS) is 11.5. The number of aromatic amines is 1. The Hall–Kier alpha value is -4.96. The molecule has 6 nitrogen and oxygen atoms in total. The molecule has 0 bridgehead atoms. The molecule has 1 unspecified atom stereocenters. The summed E-state index contributed by atoms with van der Waals surface area (Å²) in [6, 6.07) is 19.4. The first-order valence-electron chi connectivity index (χ1n) is 11.7. The smallest absolute Gasteiger partial charge is 0.270 e. The van der Waals surface area contributed by atoms with E-state index in [0.29, 0.717) is 17.0 Å². The molecule has 1 amide bonds. The Kier molecular flexibility index (Phi) is 6.40. The fourth-order valence-electron chi connectivity index (χ4n) is 4.08. The molecule has 0 spiro atoms. The molecule has 7 heteroatoms. The maximum atomic E-state index is 14.2. The summed E-state index contributed by atoms with van der Waals surface area (Å²) in [5, 5.41) is 14.4. The maximum Gasteiger partial charge on any atom is 0.270 e. The van der Waals surface area contributed by atoms with E-state index in [1.807, 2.05) is 49.4 Å². The number of phenolic OH excluding ortho intramolecular Hbond substituents is 1. The second-order valence-corrected chi connectivity index (χ2v) is 8.74. The highest BCUT2D eigenvalue weighted by Gasteiger charge is 2.24. The summed E-state index contributed by atoms with van der Waals surface area (Å²) in [6.45, 7) is 3.68. The van der Waals surface area contributed by atoms with E-state index in [2.05, 4.69) is 32.1 Å². The topological polar surface area (TPSA) is 90.9 Å². The van der Waals surface area contributed by atoms with Crippen molar-refractivity contribution in [1.29, 1.82) is 0 Å². The highest BCUT2D eigenvalue weighted by Crippen LogP contribution is 2.31. The molecule has 0 aliphatic carbocycles. The molecule has 182 valence electrons. The van der Waals surface area contributed by atoms with Gasteiger partial charge in [-0.2, -0.15) is 0 Å². The minimum absolute atomic E-state index is 0.138. The summed E-state index contributed by atoms with van der Waals surface area (Å²) in [5.41, 5.74) is 4.72. The van der Waals surface area contributed by atoms with Crippen molar-refractivity contribution in [2.24, 2.45) is 0 Å². The van der Waals surface area contributed by atoms with E-state index < -0.39 is 17.8 Å². The van der Waals surface area contributed by atoms with E-state index in [-0.39, 0.29) is 17.0 Å². The zero-order chi connectivity index (χ0) is 25.9. The first-order valence-corrected chi connectivity index (χ1v) is 11.7. The number of H-pyrrole nitrogens is 1. The van der Waals surface area contributed by atoms with Crippen LogP contribution in [0.5, 0.6) is 5.75 Å². The Balaban J connectivity index is 1.50. The second kappa shape index (κ2) is 9.96. The molecule has 3 heterocycles. The van der Waals surface area contributed by atoms with Crippen molar-refractivity contribution < 1.29 is 14.3 Å². The summed E-state index contributed by atoms with van der Waals surface area (Å²) < 4.78 is 14.2. The standard InChI is InChI=1S/C30H23FN4O2/c1-18-7-8-20(17-32-18)9-10-21-13-19(2)33-27(14-21)30(37)35-29(24-16-23(31)11-12-28(24)36)26-15-22-5-3-4-6-25(22)34-26/h3-8,11-17,29,34,36H,1-2H3,(H,35,37). The molecule has 3 aromatic heterocycles. The first-order chi connectivity index (χ1) is 17.9. The number of carbonyl (C=O) groups is 1. The van der Waals surface area contributed by atoms with Crippen LogP contribution in [0.15, 0.2) is 79.0 Å². The van der Waals surface area contributed by atoms with Crippen LogP contribution in [0.4, 0.5) is 4.39 Å². The number of aromatic hydroxyl groups is 1. The monoisotopic (exact) mass is 490 g/mol. The van der Waals surface area contributed by atoms with Gasteiger partial charge >= 0.3 is 0 Å². The zero-order valence-corrected chi connectivity index (χ0v) is 20.2. The van der Waals surface area contributed by atoms with Crippen molar-refractivity contribution in [2.75, 3.05) is 0 Å². The lowest BCUT2D eigenvalue weighted by molar-refractivity contribution is 0.0936. The first kappa shape index (κ1) is 23.8. The quantitative estimate of drug-likeness (QED) is 0.297. The van der Waals surface area contributed by atoms with Gasteiger partial charge in [-0.05, 0) is 73.8 Å². The van der Waals surface area contributed by atoms with Crippen molar-refractivity contribution >= 4 is 16.8 Å². The Bertz CT molecular complexity index is 1650. The third kappa shape index (κ3) is 5.34. The number of nitrogens with one attached hydrogen (secondary N) is 2. The average molecular weight is 491 g/mol. The van der Waals surface area contributed by atoms with Gasteiger partial charge in [0.2, 0.25) is 0 Å². The van der Waals surface area contributed by atoms with Gasteiger partial charge in [0.1, 0.15) is 17.3 Å². The molecule has 37 heavy (non-hydrogen) atoms. The number of fused-ring (bicyclic) bond motifs is 1. The van der Waals surface area contributed by atoms with E-state index in [1.165, 1.54) is 18.2 Å². The van der Waals surface area contributed by atoms with Crippen LogP contribution in [0.1, 0.15) is 50.3 Å². The predicted octanol–water partition coefficient (Wildman–Crippen LogP) is 5.34. The lowest BCUT2D eigenvalue weighted by atomic mass is 10.0. The number of aryl methyl sites for hydroxylation is 2. The number of amides is 1. The summed E-state index contributed by atoms with van der Waals surface area (Å²) in [4.78, 5) is 25.3. The van der Waals surface area contributed by atoms with Gasteiger partial charge in [0.15, 0.2) is 0 Å². The molecule has 5 rings (SSSR count). The number of phenols is 1. The average Bonchev–Trinajstić information content (AvgIpc) is 3.32. The molecular weight excluding hydrogens is 467 g/mol. The van der Waals surface area contributed by atoms with Crippen molar-refractivity contribution in [3.63, 3.8) is 0 Å². The Morgan fingerprint density at radius 1 is 0.973 bits per heavy atom. The molecule has 5 aromatic rings. The van der Waals surface area contributed by atoms with Gasteiger partial charge in [-0.15, -0.1) is 0 Å². The largest absolute Gasteiger partial charge is 0.508 e. The molecule has 0 aliphatic rings. The molecule has 3 N–H and O–H groups in total. The number of nitrogens with zero attached hydrogens (tertiary/aromatic N) is 2. The maximum absolute atomic E-state index is 14.2. The molecule has 0 saturated heterocycles. The predicted molar refractivity (Wildman–Crippen MR) is 140 cm³/mol. The fourth-order valence-corrected chi connectivity index (χ4v) is 4.08. The van der Waals surface area contributed by atoms with Crippen molar-refractivity contribution in [1.82, 2.24) is 20.3 Å². The van der Waals surface area contributed by atoms with E-state index in [9.17, 15) is 14.3 Å². The van der Waals surface area contributed by atoms with Crippen LogP contribution in [0.2, 0.25) is 0 Å². The highest BCUT2D eigenvalue weighted by molar-refractivity contribution is 5.93. The SMILES string of the molecule is Cc1ccc(C#Cc2cc(C)nc(C(=O)NC(c3cc4ccccc4[nH]3)c3cc(F)ccc3O)c2)cn1. The summed E-state index contributed by atoms with van der Waals surface area (Å²) in [6.07, 6.45) is 1.69. The van der Waals surface area contributed by atoms with E-state index in [0.717, 1.165) is 22.2 Å². The van der Waals surface area contributed by atoms with Gasteiger partial charge < -0.3 is 15.4 Å². The van der Waals surface area contributed by atoms with E-state index in [4.69, 9.17) is 0 Å². The van der Waals surface area contributed by atoms with Crippen LogP contribution in [-0.4, -0.2) is 26.0 Å². The van der Waals surface area contributed by atoms with E-state index in [1.54, 1.807) is 25.3 Å². The molecular formula is C30H23FN4O2. The second-order valence-electron chi connectivity index (χ2n) is 8.74. The van der Waals surface area contributed by atoms with Crippen molar-refractivity contribution in [3.8, 4) is 17.6 Å². The van der Waals surface area contributed by atoms with Gasteiger partial charge in [0, 0.05) is 45.5 Å². The molecule has 0 aliphatic heterocycles. The molecule has 1 atom stereocenters. The summed E-state index contributed by atoms with van der Waals surface area (Å²) in [5.74, 6) is 4.96. The van der Waals surface area contributed by atoms with Crippen LogP contribution in [0, 0.1) is 31.5 Å². The lowest BCUT2D eigenvalue weighted by Gasteiger charge is -2.19. The molecule has 0 fully saturated rings. The number of halogens is 1. The number of benzene rings is 2. The number of para-hydroxylation sites is 1. The molecule has 0 saturated carbocycles. The summed E-state index contributed by atoms with van der Waals surface area (Å²) >= 11 is 0. The number of hydrogen-bond acceptors (Lipinski definition) is 4. The van der Waals surface area contributed by atoms with Crippen LogP contribution in [0.3, 0.4) is 0 Å². The number of carbonyl (C=O) groups excluding carboxylic acids is 1. The van der Waals surface area contributed by atoms with Crippen LogP contribution in [0.25, 0.3) is 10.9 Å². The van der Waals surface area contributed by atoms with Gasteiger partial charge in [-0.25, -0.2) is 9.37 Å². The van der Waals surface area contributed by atoms with E-state index >= 15 is 0 Å². The van der Waals surface area contributed by atoms with Crippen LogP contribution >= 0.6 is 0 Å². The van der Waals surface area contributed by atoms with Gasteiger partial charge in [0.05, 0.1) is 6.04 Å². The van der Waals surface area contributed by atoms with Crippen LogP contribution < -0.4 is 5.32 Å². The zero-order valence-electron chi connectivity index (χ0n) is 20.2. The third-order valence-electron chi connectivity index (χ3n) is 5.89. The Morgan fingerprint density at radius 2 is 1.78 bits per heavy atom. The van der Waals surface area contributed by atoms with Gasteiger partial charge in [-0.1, -0.05) is 30.0 Å². The number of pyridine rings is 2. The number of hydrogen-bond donors (Lipinski definition) is 3. The third-order valence-corrected chi connectivity index (χ3v) is 5.89. The summed E-state index contributed by atoms with van der Waals surface area (Å²) in [7, 11) is 0. The number of rotatable bonds is 4. The fraction of sp³-hybridized carbons (Fsp3) is 0.100. The molecule has 2 aromatic carbocycles. The highest BCUT2D eigenvalue weighted by atomic mass is 19.1. The minimum Gasteiger partial charge on any atom is -0.508 e. The Labute approximate surface area is 213 Å². The van der Waals surface area contributed by atoms with Crippen molar-refractivity contribution in [2.45, 2.75) is 19.9 Å². The number of aromatic nitrogens is 3. The van der Waals surface area contributed by atoms with Gasteiger partial charge in [-0.3, -0.25) is 9.78 Å². The minimum atomic E-state index is -0.855. The Morgan fingerprint density at radius 3 is 2.57 bits per heavy atom. The van der Waals surface area contributed by atoms with Crippen molar-refractivity contribution in [3.05, 3.63) is 124 Å². The molecule has 0 radical (unpaired) electrons. The van der Waals surface area contributed by atoms with Crippen LogP contribution in [-0.2, 0) is 0 Å².